The van der Waals surface area contributed by atoms with Crippen molar-refractivity contribution in [2.45, 2.75) is 24.3 Å². The molecule has 8 heteroatoms. The minimum Gasteiger partial charge on any atom is -0.326 e. The number of sulfone groups is 1. The maximum Gasteiger partial charge on any atom is 0.237 e. The van der Waals surface area contributed by atoms with E-state index >= 15 is 0 Å². The lowest BCUT2D eigenvalue weighted by Crippen LogP contribution is -2.42. The van der Waals surface area contributed by atoms with Gasteiger partial charge < -0.3 is 10.2 Å². The maximum atomic E-state index is 13.0. The van der Waals surface area contributed by atoms with E-state index in [9.17, 15) is 18.0 Å². The first-order chi connectivity index (χ1) is 13.3. The van der Waals surface area contributed by atoms with Crippen LogP contribution in [-0.2, 0) is 19.4 Å². The number of carbonyl (C=O) groups excluding carboxylic acids is 2. The molecule has 0 radical (unpaired) electrons. The molecule has 1 heterocycles. The number of carbonyl (C=O) groups is 2. The highest BCUT2D eigenvalue weighted by atomic mass is 32.2. The molecule has 148 valence electrons. The van der Waals surface area contributed by atoms with Gasteiger partial charge in [0.15, 0.2) is 9.84 Å². The van der Waals surface area contributed by atoms with Crippen LogP contribution in [0.4, 0.5) is 11.4 Å². The van der Waals surface area contributed by atoms with Crippen LogP contribution in [-0.4, -0.2) is 43.5 Å². The fraction of sp³-hybridized carbons (Fsp3) is 0.300. The molecule has 1 saturated heterocycles. The van der Waals surface area contributed by atoms with E-state index < -0.39 is 9.84 Å². The first-order valence-corrected chi connectivity index (χ1v) is 11.7. The van der Waals surface area contributed by atoms with Crippen LogP contribution in [0.5, 0.6) is 0 Å². The van der Waals surface area contributed by atoms with Crippen LogP contribution in [0.25, 0.3) is 0 Å². The molecule has 3 rings (SSSR count). The Labute approximate surface area is 169 Å². The summed E-state index contributed by atoms with van der Waals surface area (Å²) in [5.41, 5.74) is 1.42. The SMILES string of the molecule is CC(=O)Nc1ccc(SCC(=O)N(c2ccccc2)[C@@H]2CCS(=O)(=O)C2)cc1. The molecular formula is C20H22N2O4S2. The molecule has 0 aromatic heterocycles. The van der Waals surface area contributed by atoms with Gasteiger partial charge in [-0.15, -0.1) is 11.8 Å². The van der Waals surface area contributed by atoms with Gasteiger partial charge in [-0.1, -0.05) is 18.2 Å². The third kappa shape index (κ3) is 5.36. The summed E-state index contributed by atoms with van der Waals surface area (Å²) in [5, 5.41) is 2.70. The van der Waals surface area contributed by atoms with Crippen molar-refractivity contribution in [2.75, 3.05) is 27.5 Å². The fourth-order valence-corrected chi connectivity index (χ4v) is 5.64. The molecule has 0 spiro atoms. The first kappa shape index (κ1) is 20.4. The summed E-state index contributed by atoms with van der Waals surface area (Å²) in [6, 6.07) is 16.1. The van der Waals surface area contributed by atoms with Crippen molar-refractivity contribution < 1.29 is 18.0 Å². The van der Waals surface area contributed by atoms with Crippen LogP contribution in [0.15, 0.2) is 59.5 Å². The van der Waals surface area contributed by atoms with E-state index in [-0.39, 0.29) is 35.1 Å². The van der Waals surface area contributed by atoms with Crippen LogP contribution >= 0.6 is 11.8 Å². The van der Waals surface area contributed by atoms with Gasteiger partial charge in [0.05, 0.1) is 23.3 Å². The van der Waals surface area contributed by atoms with Crippen LogP contribution < -0.4 is 10.2 Å². The number of thioether (sulfide) groups is 1. The van der Waals surface area contributed by atoms with Crippen molar-refractivity contribution in [3.63, 3.8) is 0 Å². The highest BCUT2D eigenvalue weighted by Crippen LogP contribution is 2.27. The highest BCUT2D eigenvalue weighted by Gasteiger charge is 2.35. The zero-order valence-corrected chi connectivity index (χ0v) is 17.1. The van der Waals surface area contributed by atoms with Crippen molar-refractivity contribution in [3.8, 4) is 0 Å². The Hall–Kier alpha value is -2.32. The second-order valence-electron chi connectivity index (χ2n) is 6.65. The first-order valence-electron chi connectivity index (χ1n) is 8.92. The number of hydrogen-bond donors (Lipinski definition) is 1. The second-order valence-corrected chi connectivity index (χ2v) is 9.93. The Morgan fingerprint density at radius 1 is 1.11 bits per heavy atom. The van der Waals surface area contributed by atoms with Gasteiger partial charge >= 0.3 is 0 Å². The van der Waals surface area contributed by atoms with Gasteiger partial charge in [-0.05, 0) is 42.8 Å². The van der Waals surface area contributed by atoms with Gasteiger partial charge in [0.1, 0.15) is 0 Å². The molecule has 0 unspecified atom stereocenters. The van der Waals surface area contributed by atoms with E-state index in [2.05, 4.69) is 5.32 Å². The van der Waals surface area contributed by atoms with Crippen molar-refractivity contribution in [2.24, 2.45) is 0 Å². The third-order valence-corrected chi connectivity index (χ3v) is 7.16. The van der Waals surface area contributed by atoms with Crippen molar-refractivity contribution in [1.82, 2.24) is 0 Å². The average molecular weight is 419 g/mol. The summed E-state index contributed by atoms with van der Waals surface area (Å²) in [6.07, 6.45) is 0.457. The highest BCUT2D eigenvalue weighted by molar-refractivity contribution is 8.00. The van der Waals surface area contributed by atoms with E-state index in [0.29, 0.717) is 12.1 Å². The van der Waals surface area contributed by atoms with Crippen LogP contribution in [0.2, 0.25) is 0 Å². The molecule has 2 amide bonds. The average Bonchev–Trinajstić information content (AvgIpc) is 3.01. The molecule has 28 heavy (non-hydrogen) atoms. The smallest absolute Gasteiger partial charge is 0.237 e. The van der Waals surface area contributed by atoms with E-state index in [1.165, 1.54) is 18.7 Å². The molecule has 1 N–H and O–H groups in total. The molecule has 1 aliphatic heterocycles. The molecule has 2 aromatic rings. The van der Waals surface area contributed by atoms with Gasteiger partial charge in [-0.3, -0.25) is 9.59 Å². The van der Waals surface area contributed by atoms with Gasteiger partial charge in [0.25, 0.3) is 0 Å². The van der Waals surface area contributed by atoms with Gasteiger partial charge in [-0.2, -0.15) is 0 Å². The van der Waals surface area contributed by atoms with Crippen molar-refractivity contribution in [1.29, 1.82) is 0 Å². The Balaban J connectivity index is 1.70. The lowest BCUT2D eigenvalue weighted by atomic mass is 10.2. The second kappa shape index (κ2) is 8.79. The minimum atomic E-state index is -3.10. The number of hydrogen-bond acceptors (Lipinski definition) is 5. The number of para-hydroxylation sites is 1. The van der Waals surface area contributed by atoms with Gasteiger partial charge in [-0.25, -0.2) is 8.42 Å². The molecule has 0 bridgehead atoms. The normalized spacial score (nSPS) is 17.8. The lowest BCUT2D eigenvalue weighted by Gasteiger charge is -2.28. The monoisotopic (exact) mass is 418 g/mol. The topological polar surface area (TPSA) is 83.6 Å². The predicted molar refractivity (Wildman–Crippen MR) is 112 cm³/mol. The fourth-order valence-electron chi connectivity index (χ4n) is 3.18. The Morgan fingerprint density at radius 2 is 1.79 bits per heavy atom. The van der Waals surface area contributed by atoms with E-state index in [1.807, 2.05) is 42.5 Å². The lowest BCUT2D eigenvalue weighted by molar-refractivity contribution is -0.116. The van der Waals surface area contributed by atoms with Crippen LogP contribution in [0, 0.1) is 0 Å². The molecule has 0 saturated carbocycles. The summed E-state index contributed by atoms with van der Waals surface area (Å²) in [5.74, 6) is 0.0607. The van der Waals surface area contributed by atoms with E-state index in [0.717, 1.165) is 10.6 Å². The summed E-state index contributed by atoms with van der Waals surface area (Å²) in [6.45, 7) is 1.45. The maximum absolute atomic E-state index is 13.0. The Morgan fingerprint density at radius 3 is 2.36 bits per heavy atom. The molecule has 1 fully saturated rings. The molecule has 6 nitrogen and oxygen atoms in total. The number of nitrogens with zero attached hydrogens (tertiary/aromatic N) is 1. The number of benzene rings is 2. The van der Waals surface area contributed by atoms with Gasteiger partial charge in [0.2, 0.25) is 11.8 Å². The quantitative estimate of drug-likeness (QED) is 0.729. The summed E-state index contributed by atoms with van der Waals surface area (Å²) < 4.78 is 23.8. The standard InChI is InChI=1S/C20H22N2O4S2/c1-15(23)21-16-7-9-19(10-8-16)27-13-20(24)22(17-5-3-2-4-6-17)18-11-12-28(25,26)14-18/h2-10,18H,11-14H2,1H3,(H,21,23)/t18-/m1/s1. The van der Waals surface area contributed by atoms with Gasteiger partial charge in [0, 0.05) is 23.2 Å². The molecule has 1 aliphatic rings. The minimum absolute atomic E-state index is 0.00368. The largest absolute Gasteiger partial charge is 0.326 e. The van der Waals surface area contributed by atoms with E-state index in [4.69, 9.17) is 0 Å². The molecule has 2 aromatic carbocycles. The van der Waals surface area contributed by atoms with Crippen LogP contribution in [0.1, 0.15) is 13.3 Å². The summed E-state index contributed by atoms with van der Waals surface area (Å²) in [4.78, 5) is 26.6. The Kier molecular flexibility index (Phi) is 6.41. The third-order valence-electron chi connectivity index (χ3n) is 4.41. The Bertz CT molecular complexity index is 944. The van der Waals surface area contributed by atoms with Crippen LogP contribution in [0.3, 0.4) is 0 Å². The summed E-state index contributed by atoms with van der Waals surface area (Å²) >= 11 is 1.38. The summed E-state index contributed by atoms with van der Waals surface area (Å²) in [7, 11) is -3.10. The number of amides is 2. The zero-order valence-electron chi connectivity index (χ0n) is 15.5. The number of anilines is 2. The molecular weight excluding hydrogens is 396 g/mol. The van der Waals surface area contributed by atoms with Crippen molar-refractivity contribution >= 4 is 44.8 Å². The van der Waals surface area contributed by atoms with Crippen molar-refractivity contribution in [3.05, 3.63) is 54.6 Å². The number of nitrogens with one attached hydrogen (secondary N) is 1. The molecule has 0 aliphatic carbocycles. The number of rotatable bonds is 6. The van der Waals surface area contributed by atoms with E-state index in [1.54, 1.807) is 17.0 Å². The molecule has 1 atom stereocenters. The zero-order chi connectivity index (χ0) is 20.1. The predicted octanol–water partition coefficient (Wildman–Crippen LogP) is 2.96.